The van der Waals surface area contributed by atoms with E-state index >= 15 is 0 Å². The fourth-order valence-corrected chi connectivity index (χ4v) is 1.81. The highest BCUT2D eigenvalue weighted by Gasteiger charge is 2.22. The topological polar surface area (TPSA) is 124 Å². The lowest BCUT2D eigenvalue weighted by Gasteiger charge is -2.18. The van der Waals surface area contributed by atoms with Gasteiger partial charge in [-0.25, -0.2) is 0 Å². The van der Waals surface area contributed by atoms with Crippen LogP contribution in [0, 0.1) is 11.8 Å². The van der Waals surface area contributed by atoms with E-state index in [1.54, 1.807) is 37.3 Å². The molecule has 0 heterocycles. The molecular weight excluding hydrogens is 328 g/mol. The van der Waals surface area contributed by atoms with Gasteiger partial charge in [-0.2, -0.15) is 0 Å². The number of hydrogen-bond acceptors (Lipinski definition) is 4. The highest BCUT2D eigenvalue weighted by atomic mass is 16.2. The second kappa shape index (κ2) is 13.0. The Kier molecular flexibility index (Phi) is 11.4. The SMILES string of the molecule is C=C.CC(N)C(NC(=O)c1ccc(C#CC/C=C\C=C/N)cc1)C(N)=O. The van der Waals surface area contributed by atoms with Crippen molar-refractivity contribution in [1.82, 2.24) is 5.32 Å². The number of carbonyl (C=O) groups is 2. The zero-order chi connectivity index (χ0) is 19.9. The minimum atomic E-state index is -0.911. The third-order valence-electron chi connectivity index (χ3n) is 3.08. The normalized spacial score (nSPS) is 12.4. The Morgan fingerprint density at radius 1 is 1.23 bits per heavy atom. The molecule has 26 heavy (non-hydrogen) atoms. The first kappa shape index (κ1) is 22.7. The maximum atomic E-state index is 12.1. The van der Waals surface area contributed by atoms with Gasteiger partial charge in [0.15, 0.2) is 0 Å². The van der Waals surface area contributed by atoms with E-state index in [0.29, 0.717) is 12.0 Å². The van der Waals surface area contributed by atoms with Crippen molar-refractivity contribution in [2.24, 2.45) is 17.2 Å². The second-order valence-corrected chi connectivity index (χ2v) is 5.11. The molecule has 0 fully saturated rings. The van der Waals surface area contributed by atoms with Crippen LogP contribution in [0.5, 0.6) is 0 Å². The van der Waals surface area contributed by atoms with Gasteiger partial charge in [-0.15, -0.1) is 13.2 Å². The number of allylic oxidation sites excluding steroid dienone is 3. The molecule has 0 aliphatic carbocycles. The van der Waals surface area contributed by atoms with Crippen molar-refractivity contribution < 1.29 is 9.59 Å². The van der Waals surface area contributed by atoms with Crippen LogP contribution in [-0.2, 0) is 4.79 Å². The molecule has 0 aliphatic heterocycles. The largest absolute Gasteiger partial charge is 0.405 e. The molecule has 1 rings (SSSR count). The Balaban J connectivity index is 0.00000301. The van der Waals surface area contributed by atoms with Crippen LogP contribution in [0.3, 0.4) is 0 Å². The Morgan fingerprint density at radius 2 is 1.85 bits per heavy atom. The molecule has 2 amide bonds. The zero-order valence-corrected chi connectivity index (χ0v) is 14.9. The first-order valence-corrected chi connectivity index (χ1v) is 7.93. The monoisotopic (exact) mass is 354 g/mol. The van der Waals surface area contributed by atoms with E-state index in [0.717, 1.165) is 5.56 Å². The molecule has 0 bridgehead atoms. The van der Waals surface area contributed by atoms with Gasteiger partial charge in [0, 0.05) is 23.6 Å². The molecule has 138 valence electrons. The molecule has 0 aliphatic rings. The first-order valence-electron chi connectivity index (χ1n) is 7.93. The number of nitrogens with one attached hydrogen (secondary N) is 1. The van der Waals surface area contributed by atoms with E-state index in [2.05, 4.69) is 30.3 Å². The predicted octanol–water partition coefficient (Wildman–Crippen LogP) is 1.19. The van der Waals surface area contributed by atoms with E-state index in [1.807, 2.05) is 12.2 Å². The van der Waals surface area contributed by atoms with Crippen molar-refractivity contribution in [2.45, 2.75) is 25.4 Å². The number of primary amides is 1. The van der Waals surface area contributed by atoms with E-state index in [1.165, 1.54) is 6.20 Å². The minimum absolute atomic E-state index is 0.403. The van der Waals surface area contributed by atoms with Gasteiger partial charge >= 0.3 is 0 Å². The Hall–Kier alpha value is -3.30. The van der Waals surface area contributed by atoms with Gasteiger partial charge in [-0.1, -0.05) is 24.0 Å². The number of amides is 2. The van der Waals surface area contributed by atoms with Gasteiger partial charge in [-0.05, 0) is 43.5 Å². The van der Waals surface area contributed by atoms with Gasteiger partial charge in [0.25, 0.3) is 5.91 Å². The van der Waals surface area contributed by atoms with Crippen molar-refractivity contribution >= 4 is 11.8 Å². The zero-order valence-electron chi connectivity index (χ0n) is 14.9. The molecular formula is C20H26N4O2. The van der Waals surface area contributed by atoms with Gasteiger partial charge in [-0.3, -0.25) is 9.59 Å². The number of benzene rings is 1. The van der Waals surface area contributed by atoms with Crippen LogP contribution in [0.15, 0.2) is 61.9 Å². The van der Waals surface area contributed by atoms with Crippen LogP contribution in [0.25, 0.3) is 0 Å². The molecule has 0 radical (unpaired) electrons. The summed E-state index contributed by atoms with van der Waals surface area (Å²) in [6, 6.07) is 5.25. The lowest BCUT2D eigenvalue weighted by Crippen LogP contribution is -2.53. The molecule has 2 atom stereocenters. The summed E-state index contributed by atoms with van der Waals surface area (Å²) < 4.78 is 0. The van der Waals surface area contributed by atoms with Crippen molar-refractivity contribution in [2.75, 3.05) is 0 Å². The molecule has 6 heteroatoms. The summed E-state index contributed by atoms with van der Waals surface area (Å²) in [5.41, 5.74) is 17.2. The molecule has 0 spiro atoms. The van der Waals surface area contributed by atoms with Crippen molar-refractivity contribution in [3.05, 3.63) is 73.0 Å². The summed E-state index contributed by atoms with van der Waals surface area (Å²) in [6.07, 6.45) is 7.46. The molecule has 1 aromatic carbocycles. The van der Waals surface area contributed by atoms with Crippen LogP contribution in [-0.4, -0.2) is 23.9 Å². The lowest BCUT2D eigenvalue weighted by atomic mass is 10.1. The Bertz CT molecular complexity index is 695. The first-order chi connectivity index (χ1) is 12.5. The number of nitrogens with two attached hydrogens (primary N) is 3. The van der Waals surface area contributed by atoms with E-state index in [9.17, 15) is 9.59 Å². The summed E-state index contributed by atoms with van der Waals surface area (Å²) in [5.74, 6) is 4.89. The molecule has 0 saturated heterocycles. The highest BCUT2D eigenvalue weighted by molar-refractivity contribution is 5.97. The van der Waals surface area contributed by atoms with Gasteiger partial charge in [0.1, 0.15) is 6.04 Å². The highest BCUT2D eigenvalue weighted by Crippen LogP contribution is 2.04. The summed E-state index contributed by atoms with van der Waals surface area (Å²) >= 11 is 0. The number of carbonyl (C=O) groups excluding carboxylic acids is 2. The number of rotatable bonds is 6. The van der Waals surface area contributed by atoms with E-state index in [-0.39, 0.29) is 0 Å². The summed E-state index contributed by atoms with van der Waals surface area (Å²) in [4.78, 5) is 23.4. The minimum Gasteiger partial charge on any atom is -0.405 e. The summed E-state index contributed by atoms with van der Waals surface area (Å²) in [6.45, 7) is 7.60. The fraction of sp³-hybridized carbons (Fsp3) is 0.200. The van der Waals surface area contributed by atoms with Crippen LogP contribution >= 0.6 is 0 Å². The van der Waals surface area contributed by atoms with Crippen molar-refractivity contribution in [3.63, 3.8) is 0 Å². The molecule has 0 saturated carbocycles. The molecule has 0 aromatic heterocycles. The maximum absolute atomic E-state index is 12.1. The average Bonchev–Trinajstić information content (AvgIpc) is 2.64. The van der Waals surface area contributed by atoms with E-state index in [4.69, 9.17) is 17.2 Å². The van der Waals surface area contributed by atoms with Crippen LogP contribution < -0.4 is 22.5 Å². The van der Waals surface area contributed by atoms with Crippen molar-refractivity contribution in [1.29, 1.82) is 0 Å². The lowest BCUT2D eigenvalue weighted by molar-refractivity contribution is -0.120. The van der Waals surface area contributed by atoms with Crippen molar-refractivity contribution in [3.8, 4) is 11.8 Å². The van der Waals surface area contributed by atoms with Crippen LogP contribution in [0.4, 0.5) is 0 Å². The average molecular weight is 354 g/mol. The Labute approximate surface area is 154 Å². The fourth-order valence-electron chi connectivity index (χ4n) is 1.81. The van der Waals surface area contributed by atoms with E-state index < -0.39 is 23.9 Å². The van der Waals surface area contributed by atoms with Crippen LogP contribution in [0.2, 0.25) is 0 Å². The third kappa shape index (κ3) is 8.52. The number of hydrogen-bond donors (Lipinski definition) is 4. The molecule has 7 N–H and O–H groups in total. The summed E-state index contributed by atoms with van der Waals surface area (Å²) in [7, 11) is 0. The van der Waals surface area contributed by atoms with Crippen LogP contribution in [0.1, 0.15) is 29.3 Å². The second-order valence-electron chi connectivity index (χ2n) is 5.11. The van der Waals surface area contributed by atoms with Gasteiger partial charge in [0.05, 0.1) is 0 Å². The molecule has 2 unspecified atom stereocenters. The van der Waals surface area contributed by atoms with Gasteiger partial charge < -0.3 is 22.5 Å². The molecule has 1 aromatic rings. The smallest absolute Gasteiger partial charge is 0.251 e. The maximum Gasteiger partial charge on any atom is 0.251 e. The molecule has 6 nitrogen and oxygen atoms in total. The van der Waals surface area contributed by atoms with Gasteiger partial charge in [0.2, 0.25) is 5.91 Å². The third-order valence-corrected chi connectivity index (χ3v) is 3.08. The quantitative estimate of drug-likeness (QED) is 0.348. The predicted molar refractivity (Wildman–Crippen MR) is 106 cm³/mol. The Morgan fingerprint density at radius 3 is 2.35 bits per heavy atom. The summed E-state index contributed by atoms with van der Waals surface area (Å²) in [5, 5.41) is 2.52. The standard InChI is InChI=1S/C18H22N4O2.C2H4/c1-13(20)16(17(21)23)22-18(24)15-10-8-14(9-11-15)7-5-3-2-4-6-12-19;1-2/h2,4,6,8-13,16H,3,19-20H2,1H3,(H2,21,23)(H,22,24);1-2H2/b4-2-,12-6-;.